The van der Waals surface area contributed by atoms with E-state index in [1.54, 1.807) is 22.6 Å². The number of anilines is 1. The van der Waals surface area contributed by atoms with Crippen molar-refractivity contribution in [3.05, 3.63) is 130 Å². The summed E-state index contributed by atoms with van der Waals surface area (Å²) in [6, 6.07) is 31.7. The van der Waals surface area contributed by atoms with Crippen LogP contribution in [0.5, 0.6) is 5.75 Å². The van der Waals surface area contributed by atoms with E-state index in [-0.39, 0.29) is 11.6 Å². The largest absolute Gasteiger partial charge is 0.497 e. The summed E-state index contributed by atoms with van der Waals surface area (Å²) < 4.78 is 6.98. The smallest absolute Gasteiger partial charge is 0.322 e. The molecule has 0 saturated heterocycles. The van der Waals surface area contributed by atoms with Gasteiger partial charge in [0, 0.05) is 12.2 Å². The van der Waals surface area contributed by atoms with Crippen molar-refractivity contribution in [2.75, 3.05) is 19.0 Å². The number of nitrogens with zero attached hydrogens (tertiary/aromatic N) is 3. The molecule has 0 radical (unpaired) electrons. The molecule has 1 atom stereocenters. The van der Waals surface area contributed by atoms with Crippen molar-refractivity contribution >= 4 is 22.6 Å². The van der Waals surface area contributed by atoms with Gasteiger partial charge in [0.05, 0.1) is 29.7 Å². The molecular formula is C34H34N4O3. The van der Waals surface area contributed by atoms with Crippen molar-refractivity contribution in [1.29, 1.82) is 0 Å². The number of methoxy groups -OCH3 is 1. The van der Waals surface area contributed by atoms with Gasteiger partial charge in [-0.15, -0.1) is 0 Å². The molecule has 41 heavy (non-hydrogen) atoms. The molecule has 0 aliphatic heterocycles. The number of fused-ring (bicyclic) bond motifs is 1. The van der Waals surface area contributed by atoms with E-state index in [4.69, 9.17) is 9.72 Å². The van der Waals surface area contributed by atoms with E-state index in [0.29, 0.717) is 53.2 Å². The molecule has 1 unspecified atom stereocenters. The zero-order valence-electron chi connectivity index (χ0n) is 23.6. The van der Waals surface area contributed by atoms with Crippen LogP contribution < -0.4 is 15.6 Å². The molecular weight excluding hydrogens is 512 g/mol. The summed E-state index contributed by atoms with van der Waals surface area (Å²) in [5, 5.41) is 3.60. The number of carbonyl (C=O) groups is 1. The molecule has 0 saturated carbocycles. The third-order valence-electron chi connectivity index (χ3n) is 7.21. The van der Waals surface area contributed by atoms with Gasteiger partial charge in [-0.1, -0.05) is 61.5 Å². The number of nitrogens with one attached hydrogen (secondary N) is 1. The number of urea groups is 1. The molecule has 208 valence electrons. The number of aryl methyl sites for hydroxylation is 1. The number of carbonyl (C=O) groups excluding carboxylic acids is 1. The van der Waals surface area contributed by atoms with Crippen LogP contribution in [-0.4, -0.2) is 34.1 Å². The highest BCUT2D eigenvalue weighted by molar-refractivity contribution is 5.89. The minimum absolute atomic E-state index is 0.184. The lowest BCUT2D eigenvalue weighted by molar-refractivity contribution is 0.182. The summed E-state index contributed by atoms with van der Waals surface area (Å²) >= 11 is 0. The van der Waals surface area contributed by atoms with Gasteiger partial charge < -0.3 is 15.0 Å². The zero-order chi connectivity index (χ0) is 28.8. The molecule has 5 rings (SSSR count). The first kappa shape index (κ1) is 27.6. The molecule has 7 heteroatoms. The number of rotatable bonds is 9. The summed E-state index contributed by atoms with van der Waals surface area (Å²) in [5.41, 5.74) is 3.96. The minimum Gasteiger partial charge on any atom is -0.497 e. The second-order valence-electron chi connectivity index (χ2n) is 9.98. The van der Waals surface area contributed by atoms with Gasteiger partial charge >= 0.3 is 6.03 Å². The summed E-state index contributed by atoms with van der Waals surface area (Å²) in [6.45, 7) is 4.44. The van der Waals surface area contributed by atoms with Crippen LogP contribution in [0, 0.1) is 6.92 Å². The van der Waals surface area contributed by atoms with Crippen LogP contribution >= 0.6 is 0 Å². The number of para-hydroxylation sites is 1. The average molecular weight is 547 g/mol. The maximum atomic E-state index is 14.0. The van der Waals surface area contributed by atoms with Crippen LogP contribution in [0.3, 0.4) is 0 Å². The van der Waals surface area contributed by atoms with Gasteiger partial charge in [0.25, 0.3) is 5.56 Å². The standard InChI is InChI=1S/C34H34N4O3/c1-4-31(37(22-21-25-12-6-5-7-13-25)34(40)35-26-14-10-11-24(2)23-26)32-36-30-16-9-8-15-29(30)33(39)38(32)27-17-19-28(41-3)20-18-27/h5-20,23,31H,4,21-22H2,1-3H3,(H,35,40). The molecule has 0 fully saturated rings. The third kappa shape index (κ3) is 6.14. The highest BCUT2D eigenvalue weighted by Crippen LogP contribution is 2.28. The van der Waals surface area contributed by atoms with Crippen LogP contribution in [0.1, 0.15) is 36.3 Å². The quantitative estimate of drug-likeness (QED) is 0.217. The topological polar surface area (TPSA) is 76.5 Å². The molecule has 1 heterocycles. The summed E-state index contributed by atoms with van der Waals surface area (Å²) in [4.78, 5) is 34.8. The zero-order valence-corrected chi connectivity index (χ0v) is 23.6. The van der Waals surface area contributed by atoms with Crippen molar-refractivity contribution in [3.8, 4) is 11.4 Å². The maximum absolute atomic E-state index is 14.0. The van der Waals surface area contributed by atoms with Gasteiger partial charge in [-0.3, -0.25) is 9.36 Å². The van der Waals surface area contributed by atoms with Crippen LogP contribution in [0.2, 0.25) is 0 Å². The molecule has 0 bridgehead atoms. The summed E-state index contributed by atoms with van der Waals surface area (Å²) in [7, 11) is 1.61. The van der Waals surface area contributed by atoms with Crippen molar-refractivity contribution in [1.82, 2.24) is 14.5 Å². The number of amides is 2. The molecule has 1 N–H and O–H groups in total. The molecule has 1 aromatic heterocycles. The van der Waals surface area contributed by atoms with Crippen LogP contribution in [-0.2, 0) is 6.42 Å². The fourth-order valence-electron chi connectivity index (χ4n) is 5.11. The fraction of sp³-hybridized carbons (Fsp3) is 0.206. The Hall–Kier alpha value is -4.91. The number of benzene rings is 4. The monoisotopic (exact) mass is 546 g/mol. The summed E-state index contributed by atoms with van der Waals surface area (Å²) in [5.74, 6) is 1.19. The predicted molar refractivity (Wildman–Crippen MR) is 164 cm³/mol. The van der Waals surface area contributed by atoms with Crippen molar-refractivity contribution in [2.45, 2.75) is 32.7 Å². The van der Waals surface area contributed by atoms with E-state index in [0.717, 1.165) is 11.1 Å². The minimum atomic E-state index is -0.483. The second-order valence-corrected chi connectivity index (χ2v) is 9.98. The van der Waals surface area contributed by atoms with E-state index in [2.05, 4.69) is 17.4 Å². The third-order valence-corrected chi connectivity index (χ3v) is 7.21. The Morgan fingerprint density at radius 1 is 0.951 bits per heavy atom. The van der Waals surface area contributed by atoms with E-state index in [9.17, 15) is 9.59 Å². The predicted octanol–water partition coefficient (Wildman–Crippen LogP) is 6.93. The Kier molecular flexibility index (Phi) is 8.44. The SMILES string of the molecule is CCC(c1nc2ccccc2c(=O)n1-c1ccc(OC)cc1)N(CCc1ccccc1)C(=O)Nc1cccc(C)c1. The number of aromatic nitrogens is 2. The van der Waals surface area contributed by atoms with Gasteiger partial charge in [0.1, 0.15) is 11.6 Å². The summed E-state index contributed by atoms with van der Waals surface area (Å²) in [6.07, 6.45) is 1.20. The Morgan fingerprint density at radius 3 is 2.39 bits per heavy atom. The van der Waals surface area contributed by atoms with E-state index in [1.165, 1.54) is 0 Å². The first-order valence-corrected chi connectivity index (χ1v) is 13.8. The van der Waals surface area contributed by atoms with E-state index in [1.807, 2.05) is 98.8 Å². The Morgan fingerprint density at radius 2 is 1.68 bits per heavy atom. The Balaban J connectivity index is 1.63. The van der Waals surface area contributed by atoms with Gasteiger partial charge in [-0.05, 0) is 79.4 Å². The normalized spacial score (nSPS) is 11.7. The molecule has 5 aromatic rings. The van der Waals surface area contributed by atoms with Gasteiger partial charge in [-0.25, -0.2) is 9.78 Å². The molecule has 0 aliphatic rings. The van der Waals surface area contributed by atoms with E-state index < -0.39 is 6.04 Å². The van der Waals surface area contributed by atoms with Crippen LogP contribution in [0.25, 0.3) is 16.6 Å². The molecule has 4 aromatic carbocycles. The lowest BCUT2D eigenvalue weighted by atomic mass is 10.1. The molecule has 7 nitrogen and oxygen atoms in total. The average Bonchev–Trinajstić information content (AvgIpc) is 3.00. The lowest BCUT2D eigenvalue weighted by Crippen LogP contribution is -2.42. The first-order chi connectivity index (χ1) is 20.0. The van der Waals surface area contributed by atoms with Crippen molar-refractivity contribution < 1.29 is 9.53 Å². The van der Waals surface area contributed by atoms with Gasteiger partial charge in [-0.2, -0.15) is 0 Å². The second kappa shape index (κ2) is 12.5. The van der Waals surface area contributed by atoms with E-state index >= 15 is 0 Å². The van der Waals surface area contributed by atoms with Gasteiger partial charge in [0.15, 0.2) is 0 Å². The Bertz CT molecular complexity index is 1700. The maximum Gasteiger partial charge on any atom is 0.322 e. The number of hydrogen-bond donors (Lipinski definition) is 1. The van der Waals surface area contributed by atoms with Crippen LogP contribution in [0.15, 0.2) is 108 Å². The van der Waals surface area contributed by atoms with Crippen molar-refractivity contribution in [3.63, 3.8) is 0 Å². The Labute approximate surface area is 240 Å². The van der Waals surface area contributed by atoms with Crippen molar-refractivity contribution in [2.24, 2.45) is 0 Å². The molecule has 2 amide bonds. The fourth-order valence-corrected chi connectivity index (χ4v) is 5.11. The van der Waals surface area contributed by atoms with Gasteiger partial charge in [0.2, 0.25) is 0 Å². The molecule has 0 aliphatic carbocycles. The van der Waals surface area contributed by atoms with Crippen LogP contribution in [0.4, 0.5) is 10.5 Å². The highest BCUT2D eigenvalue weighted by Gasteiger charge is 2.29. The highest BCUT2D eigenvalue weighted by atomic mass is 16.5. The number of hydrogen-bond acceptors (Lipinski definition) is 4. The first-order valence-electron chi connectivity index (χ1n) is 13.8. The number of ether oxygens (including phenoxy) is 1. The molecule has 0 spiro atoms. The lowest BCUT2D eigenvalue weighted by Gasteiger charge is -2.32.